The van der Waals surface area contributed by atoms with Crippen LogP contribution in [0.1, 0.15) is 28.8 Å². The first-order chi connectivity index (χ1) is 13.7. The molecular formula is C20H24N4O4. The van der Waals surface area contributed by atoms with Crippen LogP contribution in [0.25, 0.3) is 0 Å². The van der Waals surface area contributed by atoms with Gasteiger partial charge in [0.15, 0.2) is 5.79 Å². The average Bonchev–Trinajstić information content (AvgIpc) is 3.21. The lowest BCUT2D eigenvalue weighted by molar-refractivity contribution is -0.181. The molecule has 0 bridgehead atoms. The van der Waals surface area contributed by atoms with Crippen molar-refractivity contribution in [1.29, 1.82) is 0 Å². The summed E-state index contributed by atoms with van der Waals surface area (Å²) in [5.74, 6) is 0.757. The fourth-order valence-corrected chi connectivity index (χ4v) is 3.47. The normalized spacial score (nSPS) is 18.2. The Kier molecular flexibility index (Phi) is 5.40. The van der Waals surface area contributed by atoms with Gasteiger partial charge in [-0.2, -0.15) is 0 Å². The van der Waals surface area contributed by atoms with E-state index in [1.165, 1.54) is 0 Å². The van der Waals surface area contributed by atoms with Crippen LogP contribution in [0.4, 0.5) is 5.95 Å². The molecule has 1 aromatic heterocycles. The maximum atomic E-state index is 12.7. The molecule has 2 aromatic rings. The summed E-state index contributed by atoms with van der Waals surface area (Å²) in [7, 11) is 1.64. The van der Waals surface area contributed by atoms with Crippen LogP contribution >= 0.6 is 0 Å². The molecule has 1 N–H and O–H groups in total. The Bertz CT molecular complexity index is 794. The maximum Gasteiger partial charge on any atom is 0.256 e. The zero-order valence-electron chi connectivity index (χ0n) is 15.9. The van der Waals surface area contributed by atoms with E-state index in [0.29, 0.717) is 57.2 Å². The van der Waals surface area contributed by atoms with Crippen molar-refractivity contribution >= 4 is 11.9 Å². The van der Waals surface area contributed by atoms with Crippen molar-refractivity contribution in [3.8, 4) is 5.75 Å². The Morgan fingerprint density at radius 1 is 1.14 bits per heavy atom. The van der Waals surface area contributed by atoms with Crippen LogP contribution in [-0.2, 0) is 16.0 Å². The Balaban J connectivity index is 1.30. The van der Waals surface area contributed by atoms with Crippen LogP contribution in [-0.4, -0.2) is 60.0 Å². The molecule has 0 radical (unpaired) electrons. The summed E-state index contributed by atoms with van der Waals surface area (Å²) >= 11 is 0. The van der Waals surface area contributed by atoms with Crippen LogP contribution in [0.5, 0.6) is 5.75 Å². The largest absolute Gasteiger partial charge is 0.497 e. The molecule has 2 saturated heterocycles. The summed E-state index contributed by atoms with van der Waals surface area (Å²) in [5.41, 5.74) is 1.57. The number of nitrogens with one attached hydrogen (secondary N) is 1. The van der Waals surface area contributed by atoms with Gasteiger partial charge in [0, 0.05) is 44.9 Å². The first kappa shape index (κ1) is 18.6. The van der Waals surface area contributed by atoms with E-state index in [9.17, 15) is 4.79 Å². The highest BCUT2D eigenvalue weighted by Crippen LogP contribution is 2.31. The topological polar surface area (TPSA) is 85.8 Å². The highest BCUT2D eigenvalue weighted by molar-refractivity contribution is 5.93. The predicted molar refractivity (Wildman–Crippen MR) is 102 cm³/mol. The number of nitrogens with zero attached hydrogens (tertiary/aromatic N) is 3. The van der Waals surface area contributed by atoms with Gasteiger partial charge in [0.05, 0.1) is 25.9 Å². The molecule has 2 fully saturated rings. The molecule has 4 rings (SSSR count). The van der Waals surface area contributed by atoms with Crippen molar-refractivity contribution in [2.24, 2.45) is 0 Å². The molecule has 28 heavy (non-hydrogen) atoms. The molecule has 8 heteroatoms. The van der Waals surface area contributed by atoms with Crippen molar-refractivity contribution in [2.45, 2.75) is 25.2 Å². The predicted octanol–water partition coefficient (Wildman–Crippen LogP) is 2.08. The van der Waals surface area contributed by atoms with E-state index < -0.39 is 5.79 Å². The summed E-state index contributed by atoms with van der Waals surface area (Å²) in [6.07, 6.45) is 4.53. The third-order valence-electron chi connectivity index (χ3n) is 5.13. The molecule has 3 heterocycles. The molecule has 2 aliphatic heterocycles. The van der Waals surface area contributed by atoms with Crippen molar-refractivity contribution in [2.75, 3.05) is 38.7 Å². The lowest BCUT2D eigenvalue weighted by Gasteiger charge is -2.37. The van der Waals surface area contributed by atoms with E-state index >= 15 is 0 Å². The number of benzene rings is 1. The van der Waals surface area contributed by atoms with Gasteiger partial charge in [-0.05, 0) is 17.7 Å². The number of carbonyl (C=O) groups excluding carboxylic acids is 1. The Morgan fingerprint density at radius 2 is 1.79 bits per heavy atom. The molecule has 8 nitrogen and oxygen atoms in total. The monoisotopic (exact) mass is 384 g/mol. The van der Waals surface area contributed by atoms with Gasteiger partial charge >= 0.3 is 0 Å². The summed E-state index contributed by atoms with van der Waals surface area (Å²) in [6, 6.07) is 7.77. The highest BCUT2D eigenvalue weighted by Gasteiger charge is 2.40. The minimum absolute atomic E-state index is 0.0606. The van der Waals surface area contributed by atoms with E-state index in [1.54, 1.807) is 24.4 Å². The van der Waals surface area contributed by atoms with Crippen LogP contribution in [0, 0.1) is 0 Å². The van der Waals surface area contributed by atoms with Crippen LogP contribution in [0.2, 0.25) is 0 Å². The molecule has 148 valence electrons. The third-order valence-corrected chi connectivity index (χ3v) is 5.13. The number of aromatic nitrogens is 2. The molecule has 0 saturated carbocycles. The minimum atomic E-state index is -0.484. The number of likely N-dealkylation sites (tertiary alicyclic amines) is 1. The van der Waals surface area contributed by atoms with Gasteiger partial charge in [-0.25, -0.2) is 9.97 Å². The number of methoxy groups -OCH3 is 1. The summed E-state index contributed by atoms with van der Waals surface area (Å²) in [6.45, 7) is 3.07. The standard InChI is InChI=1S/C20H24N4O4/c1-26-17-4-2-15(3-5-17)12-21-19-22-13-16(14-23-19)18(25)24-8-6-20(7-9-24)27-10-11-28-20/h2-5,13-14H,6-12H2,1H3,(H,21,22,23). The molecule has 0 unspecified atom stereocenters. The molecule has 2 aliphatic rings. The van der Waals surface area contributed by atoms with Crippen molar-refractivity contribution < 1.29 is 19.0 Å². The van der Waals surface area contributed by atoms with Crippen LogP contribution in [0.15, 0.2) is 36.7 Å². The Labute approximate surface area is 163 Å². The second-order valence-corrected chi connectivity index (χ2v) is 6.90. The van der Waals surface area contributed by atoms with Crippen LogP contribution in [0.3, 0.4) is 0 Å². The fourth-order valence-electron chi connectivity index (χ4n) is 3.47. The van der Waals surface area contributed by atoms with Crippen LogP contribution < -0.4 is 10.1 Å². The Hall–Kier alpha value is -2.71. The Morgan fingerprint density at radius 3 is 2.39 bits per heavy atom. The zero-order chi connectivity index (χ0) is 19.4. The molecule has 1 aromatic carbocycles. The van der Waals surface area contributed by atoms with Gasteiger partial charge in [0.2, 0.25) is 5.95 Å². The lowest BCUT2D eigenvalue weighted by atomic mass is 10.0. The number of hydrogen-bond acceptors (Lipinski definition) is 7. The van der Waals surface area contributed by atoms with E-state index in [1.807, 2.05) is 24.3 Å². The third kappa shape index (κ3) is 4.07. The zero-order valence-corrected chi connectivity index (χ0v) is 15.9. The van der Waals surface area contributed by atoms with Gasteiger partial charge in [0.25, 0.3) is 5.91 Å². The van der Waals surface area contributed by atoms with Gasteiger partial charge < -0.3 is 24.4 Å². The SMILES string of the molecule is COc1ccc(CNc2ncc(C(=O)N3CCC4(CC3)OCCO4)cn2)cc1. The minimum Gasteiger partial charge on any atom is -0.497 e. The first-order valence-electron chi connectivity index (χ1n) is 9.43. The number of piperidine rings is 1. The second-order valence-electron chi connectivity index (χ2n) is 6.90. The van der Waals surface area contributed by atoms with E-state index in [2.05, 4.69) is 15.3 Å². The summed E-state index contributed by atoms with van der Waals surface area (Å²) < 4.78 is 16.6. The van der Waals surface area contributed by atoms with E-state index in [4.69, 9.17) is 14.2 Å². The fraction of sp³-hybridized carbons (Fsp3) is 0.450. The van der Waals surface area contributed by atoms with Crippen molar-refractivity contribution in [1.82, 2.24) is 14.9 Å². The number of ether oxygens (including phenoxy) is 3. The smallest absolute Gasteiger partial charge is 0.256 e. The van der Waals surface area contributed by atoms with Gasteiger partial charge in [-0.15, -0.1) is 0 Å². The highest BCUT2D eigenvalue weighted by atomic mass is 16.7. The van der Waals surface area contributed by atoms with Gasteiger partial charge in [-0.3, -0.25) is 4.79 Å². The molecular weight excluding hydrogens is 360 g/mol. The average molecular weight is 384 g/mol. The van der Waals surface area contributed by atoms with Gasteiger partial charge in [-0.1, -0.05) is 12.1 Å². The molecule has 0 aliphatic carbocycles. The molecule has 1 amide bonds. The first-order valence-corrected chi connectivity index (χ1v) is 9.43. The summed E-state index contributed by atoms with van der Waals surface area (Å²) in [5, 5.41) is 3.16. The van der Waals surface area contributed by atoms with Crippen molar-refractivity contribution in [3.63, 3.8) is 0 Å². The number of rotatable bonds is 5. The van der Waals surface area contributed by atoms with E-state index in [-0.39, 0.29) is 5.91 Å². The van der Waals surface area contributed by atoms with E-state index in [0.717, 1.165) is 11.3 Å². The number of anilines is 1. The lowest BCUT2D eigenvalue weighted by Crippen LogP contribution is -2.47. The quantitative estimate of drug-likeness (QED) is 0.845. The molecule has 0 atom stereocenters. The molecule has 1 spiro atoms. The number of hydrogen-bond donors (Lipinski definition) is 1. The number of carbonyl (C=O) groups is 1. The number of amides is 1. The second kappa shape index (κ2) is 8.12. The maximum absolute atomic E-state index is 12.7. The van der Waals surface area contributed by atoms with Gasteiger partial charge in [0.1, 0.15) is 5.75 Å². The van der Waals surface area contributed by atoms with Crippen molar-refractivity contribution in [3.05, 3.63) is 47.8 Å². The summed E-state index contributed by atoms with van der Waals surface area (Å²) in [4.78, 5) is 23.0.